The van der Waals surface area contributed by atoms with Crippen molar-refractivity contribution in [2.24, 2.45) is 0 Å². The van der Waals surface area contributed by atoms with Crippen molar-refractivity contribution in [3.05, 3.63) is 41.0 Å². The number of hydrogen-bond donors (Lipinski definition) is 1. The van der Waals surface area contributed by atoms with Crippen LogP contribution >= 0.6 is 0 Å². The summed E-state index contributed by atoms with van der Waals surface area (Å²) in [5, 5.41) is 16.2. The minimum atomic E-state index is -4.49. The van der Waals surface area contributed by atoms with Crippen molar-refractivity contribution < 1.29 is 17.9 Å². The number of halogens is 3. The van der Waals surface area contributed by atoms with Gasteiger partial charge < -0.3 is 10.1 Å². The zero-order valence-corrected chi connectivity index (χ0v) is 13.5. The Bertz CT molecular complexity index is 809. The van der Waals surface area contributed by atoms with E-state index in [0.29, 0.717) is 31.8 Å². The molecule has 1 aliphatic heterocycles. The predicted molar refractivity (Wildman–Crippen MR) is 82.6 cm³/mol. The van der Waals surface area contributed by atoms with Gasteiger partial charge in [-0.05, 0) is 24.6 Å². The molecule has 2 heterocycles. The van der Waals surface area contributed by atoms with E-state index in [-0.39, 0.29) is 17.3 Å². The highest BCUT2D eigenvalue weighted by Crippen LogP contribution is 2.36. The Morgan fingerprint density at radius 3 is 2.92 bits per heavy atom. The van der Waals surface area contributed by atoms with Gasteiger partial charge in [-0.1, -0.05) is 0 Å². The maximum absolute atomic E-state index is 13.2. The van der Waals surface area contributed by atoms with Gasteiger partial charge in [-0.2, -0.15) is 23.5 Å². The van der Waals surface area contributed by atoms with Crippen molar-refractivity contribution in [1.82, 2.24) is 14.8 Å². The molecule has 0 saturated carbocycles. The number of nitriles is 1. The molecule has 1 aromatic carbocycles. The monoisotopic (exact) mass is 351 g/mol. The molecule has 1 atom stereocenters. The average molecular weight is 351 g/mol. The molecule has 0 amide bonds. The molecule has 0 aliphatic carbocycles. The molecular formula is C16H16F3N5O. The average Bonchev–Trinajstić information content (AvgIpc) is 2.95. The molecule has 1 aliphatic rings. The first-order valence-electron chi connectivity index (χ1n) is 7.70. The largest absolute Gasteiger partial charge is 0.418 e. The number of ether oxygens (including phenoxy) is 1. The first-order valence-corrected chi connectivity index (χ1v) is 7.70. The number of nitrogens with one attached hydrogen (secondary N) is 1. The highest BCUT2D eigenvalue weighted by atomic mass is 19.4. The molecular weight excluding hydrogens is 335 g/mol. The summed E-state index contributed by atoms with van der Waals surface area (Å²) in [6.45, 7) is 0.695. The number of nitrogens with zero attached hydrogens (tertiary/aromatic N) is 4. The molecule has 1 aromatic heterocycles. The van der Waals surface area contributed by atoms with Gasteiger partial charge in [0, 0.05) is 25.3 Å². The van der Waals surface area contributed by atoms with Crippen LogP contribution in [0.15, 0.2) is 18.2 Å². The normalized spacial score (nSPS) is 17.0. The van der Waals surface area contributed by atoms with Gasteiger partial charge in [0.15, 0.2) is 5.82 Å². The molecule has 0 fully saturated rings. The van der Waals surface area contributed by atoms with Crippen molar-refractivity contribution >= 4 is 5.69 Å². The third-order valence-electron chi connectivity index (χ3n) is 3.99. The van der Waals surface area contributed by atoms with Crippen molar-refractivity contribution in [3.63, 3.8) is 0 Å². The van der Waals surface area contributed by atoms with Gasteiger partial charge in [-0.3, -0.25) is 0 Å². The molecule has 0 spiro atoms. The van der Waals surface area contributed by atoms with Crippen molar-refractivity contribution in [1.29, 1.82) is 5.26 Å². The molecule has 0 bridgehead atoms. The second-order valence-electron chi connectivity index (χ2n) is 5.81. The van der Waals surface area contributed by atoms with Crippen LogP contribution < -0.4 is 5.32 Å². The van der Waals surface area contributed by atoms with Gasteiger partial charge in [0.2, 0.25) is 0 Å². The molecule has 1 unspecified atom stereocenters. The first kappa shape index (κ1) is 17.2. The van der Waals surface area contributed by atoms with Crippen molar-refractivity contribution in [2.45, 2.75) is 38.2 Å². The second-order valence-corrected chi connectivity index (χ2v) is 5.81. The number of aryl methyl sites for hydroxylation is 1. The SMILES string of the molecule is COCc1nc2n(n1)CC(Nc1cc(C#N)ccc1C(F)(F)F)CC2. The number of hydrogen-bond acceptors (Lipinski definition) is 5. The van der Waals surface area contributed by atoms with E-state index in [2.05, 4.69) is 15.4 Å². The summed E-state index contributed by atoms with van der Waals surface area (Å²) >= 11 is 0. The lowest BCUT2D eigenvalue weighted by Crippen LogP contribution is -2.32. The topological polar surface area (TPSA) is 75.8 Å². The van der Waals surface area contributed by atoms with Crippen LogP contribution in [0.5, 0.6) is 0 Å². The lowest BCUT2D eigenvalue weighted by Gasteiger charge is -2.26. The Balaban J connectivity index is 1.82. The summed E-state index contributed by atoms with van der Waals surface area (Å²) in [5.41, 5.74) is -0.691. The summed E-state index contributed by atoms with van der Waals surface area (Å²) in [6, 6.07) is 4.96. The van der Waals surface area contributed by atoms with Gasteiger partial charge in [-0.25, -0.2) is 9.67 Å². The van der Waals surface area contributed by atoms with E-state index in [1.807, 2.05) is 6.07 Å². The standard InChI is InChI=1S/C16H16F3N5O/c1-25-9-14-22-15-5-3-11(8-24(15)23-14)21-13-6-10(7-20)2-4-12(13)16(17,18)19/h2,4,6,11,21H,3,5,8-9H2,1H3. The fourth-order valence-corrected chi connectivity index (χ4v) is 2.87. The van der Waals surface area contributed by atoms with Gasteiger partial charge in [0.05, 0.1) is 23.7 Å². The maximum atomic E-state index is 13.2. The number of rotatable bonds is 4. The van der Waals surface area contributed by atoms with Crippen LogP contribution in [0.4, 0.5) is 18.9 Å². The Morgan fingerprint density at radius 2 is 2.24 bits per heavy atom. The molecule has 132 valence electrons. The third-order valence-corrected chi connectivity index (χ3v) is 3.99. The maximum Gasteiger partial charge on any atom is 0.418 e. The number of methoxy groups -OCH3 is 1. The fraction of sp³-hybridized carbons (Fsp3) is 0.438. The Kier molecular flexibility index (Phi) is 4.63. The molecule has 1 N–H and O–H groups in total. The van der Waals surface area contributed by atoms with Crippen LogP contribution in [0.25, 0.3) is 0 Å². The van der Waals surface area contributed by atoms with Crippen LogP contribution in [0.1, 0.15) is 29.2 Å². The highest BCUT2D eigenvalue weighted by molar-refractivity contribution is 5.57. The molecule has 2 aromatic rings. The molecule has 0 saturated heterocycles. The van der Waals surface area contributed by atoms with E-state index >= 15 is 0 Å². The molecule has 3 rings (SSSR count). The number of aromatic nitrogens is 3. The van der Waals surface area contributed by atoms with Crippen LogP contribution in [-0.4, -0.2) is 27.9 Å². The van der Waals surface area contributed by atoms with Gasteiger partial charge in [-0.15, -0.1) is 0 Å². The van der Waals surface area contributed by atoms with E-state index in [1.165, 1.54) is 12.1 Å². The van der Waals surface area contributed by atoms with E-state index in [9.17, 15) is 13.2 Å². The molecule has 9 heteroatoms. The fourth-order valence-electron chi connectivity index (χ4n) is 2.87. The first-order chi connectivity index (χ1) is 11.9. The van der Waals surface area contributed by atoms with Crippen LogP contribution in [0.2, 0.25) is 0 Å². The second kappa shape index (κ2) is 6.72. The van der Waals surface area contributed by atoms with E-state index in [4.69, 9.17) is 10.00 Å². The van der Waals surface area contributed by atoms with E-state index in [1.54, 1.807) is 11.8 Å². The third kappa shape index (κ3) is 3.74. The Morgan fingerprint density at radius 1 is 1.44 bits per heavy atom. The van der Waals surface area contributed by atoms with E-state index in [0.717, 1.165) is 11.9 Å². The van der Waals surface area contributed by atoms with Gasteiger partial charge in [0.1, 0.15) is 12.4 Å². The number of benzene rings is 1. The molecule has 25 heavy (non-hydrogen) atoms. The van der Waals surface area contributed by atoms with Gasteiger partial charge in [0.25, 0.3) is 0 Å². The minimum Gasteiger partial charge on any atom is -0.380 e. The van der Waals surface area contributed by atoms with Crippen LogP contribution in [0.3, 0.4) is 0 Å². The minimum absolute atomic E-state index is 0.0859. The van der Waals surface area contributed by atoms with Crippen molar-refractivity contribution in [2.75, 3.05) is 12.4 Å². The van der Waals surface area contributed by atoms with Gasteiger partial charge >= 0.3 is 6.18 Å². The quantitative estimate of drug-likeness (QED) is 0.917. The summed E-state index contributed by atoms with van der Waals surface area (Å²) in [5.74, 6) is 1.35. The summed E-state index contributed by atoms with van der Waals surface area (Å²) < 4.78 is 46.3. The highest BCUT2D eigenvalue weighted by Gasteiger charge is 2.34. The molecule has 0 radical (unpaired) electrons. The van der Waals surface area contributed by atoms with Crippen molar-refractivity contribution in [3.8, 4) is 6.07 Å². The summed E-state index contributed by atoms with van der Waals surface area (Å²) in [4.78, 5) is 4.34. The zero-order valence-electron chi connectivity index (χ0n) is 13.5. The lowest BCUT2D eigenvalue weighted by atomic mass is 10.0. The summed E-state index contributed by atoms with van der Waals surface area (Å²) in [6.07, 6.45) is -3.26. The number of fused-ring (bicyclic) bond motifs is 1. The molecule has 6 nitrogen and oxygen atoms in total. The van der Waals surface area contributed by atoms with E-state index < -0.39 is 11.7 Å². The number of anilines is 1. The zero-order chi connectivity index (χ0) is 18.0. The predicted octanol–water partition coefficient (Wildman–Crippen LogP) is 2.74. The smallest absolute Gasteiger partial charge is 0.380 e. The van der Waals surface area contributed by atoms with Crippen LogP contribution in [-0.2, 0) is 30.5 Å². The Labute approximate surface area is 142 Å². The lowest BCUT2D eigenvalue weighted by molar-refractivity contribution is -0.137. The Hall–Kier alpha value is -2.60. The van der Waals surface area contributed by atoms with Crippen LogP contribution in [0, 0.1) is 11.3 Å². The number of alkyl halides is 3. The summed E-state index contributed by atoms with van der Waals surface area (Å²) in [7, 11) is 1.55.